The van der Waals surface area contributed by atoms with Gasteiger partial charge in [-0.05, 0) is 105 Å². The molecule has 0 amide bonds. The Morgan fingerprint density at radius 3 is 1.63 bits per heavy atom. The minimum Gasteiger partial charge on any atom is -0.456 e. The summed E-state index contributed by atoms with van der Waals surface area (Å²) in [5, 5.41) is 14.3. The Morgan fingerprint density at radius 1 is 0.356 bits per heavy atom. The van der Waals surface area contributed by atoms with Crippen molar-refractivity contribution in [2.24, 2.45) is 0 Å². The minimum atomic E-state index is 0.781. The summed E-state index contributed by atoms with van der Waals surface area (Å²) in [4.78, 5) is 11.1. The summed E-state index contributed by atoms with van der Waals surface area (Å²) in [6.07, 6.45) is 0. The molecule has 0 atom stereocenters. The number of nitrogens with zero attached hydrogens (tertiary/aromatic N) is 4. The highest BCUT2D eigenvalue weighted by Gasteiger charge is 2.27. The molecule has 0 unspecified atom stereocenters. The zero-order valence-corrected chi connectivity index (χ0v) is 31.5. The first-order valence-electron chi connectivity index (χ1n) is 20.1. The molecule has 4 heterocycles. The average molecular weight is 751 g/mol. The quantitative estimate of drug-likeness (QED) is 0.181. The van der Waals surface area contributed by atoms with Gasteiger partial charge in [0.2, 0.25) is 0 Å². The van der Waals surface area contributed by atoms with E-state index < -0.39 is 0 Å². The lowest BCUT2D eigenvalue weighted by Crippen LogP contribution is -2.04. The maximum Gasteiger partial charge on any atom is 0.165 e. The molecular weight excluding hydrogens is 721 g/mol. The molecule has 59 heavy (non-hydrogen) atoms. The van der Waals surface area contributed by atoms with Crippen molar-refractivity contribution < 1.29 is 4.42 Å². The van der Waals surface area contributed by atoms with E-state index in [1.54, 1.807) is 0 Å². The van der Waals surface area contributed by atoms with Crippen molar-refractivity contribution in [3.8, 4) is 22.8 Å². The molecule has 0 aliphatic carbocycles. The van der Waals surface area contributed by atoms with Gasteiger partial charge in [0.25, 0.3) is 0 Å². The predicted octanol–water partition coefficient (Wildman–Crippen LogP) is 14.3. The van der Waals surface area contributed by atoms with Crippen LogP contribution in [0.2, 0.25) is 0 Å². The van der Waals surface area contributed by atoms with Crippen LogP contribution in [0.4, 0.5) is 0 Å². The van der Waals surface area contributed by atoms with E-state index in [9.17, 15) is 0 Å². The number of furan rings is 1. The molecule has 0 spiro atoms. The number of para-hydroxylation sites is 4. The number of hydrogen-bond acceptors (Lipinski definition) is 3. The van der Waals surface area contributed by atoms with E-state index in [-0.39, 0.29) is 0 Å². The van der Waals surface area contributed by atoms with E-state index in [2.05, 4.69) is 161 Å². The first-order chi connectivity index (χ1) is 29.3. The molecule has 14 rings (SSSR count). The van der Waals surface area contributed by atoms with E-state index >= 15 is 0 Å². The van der Waals surface area contributed by atoms with Crippen molar-refractivity contribution >= 4 is 109 Å². The van der Waals surface area contributed by atoms with Gasteiger partial charge in [-0.3, -0.25) is 4.57 Å². The van der Waals surface area contributed by atoms with Crippen molar-refractivity contribution in [2.75, 3.05) is 0 Å². The van der Waals surface area contributed by atoms with E-state index in [0.717, 1.165) is 66.8 Å². The normalized spacial score (nSPS) is 12.4. The zero-order valence-electron chi connectivity index (χ0n) is 31.5. The van der Waals surface area contributed by atoms with Crippen LogP contribution < -0.4 is 0 Å². The minimum absolute atomic E-state index is 0.781. The summed E-state index contributed by atoms with van der Waals surface area (Å²) in [6.45, 7) is 0. The molecule has 10 aromatic carbocycles. The highest BCUT2D eigenvalue weighted by molar-refractivity contribution is 6.39. The van der Waals surface area contributed by atoms with Gasteiger partial charge >= 0.3 is 0 Å². The van der Waals surface area contributed by atoms with Crippen LogP contribution in [0.15, 0.2) is 186 Å². The molecule has 272 valence electrons. The molecule has 0 bridgehead atoms. The molecule has 5 heteroatoms. The average Bonchev–Trinajstić information content (AvgIpc) is 3.96. The lowest BCUT2D eigenvalue weighted by molar-refractivity contribution is 0.669. The van der Waals surface area contributed by atoms with Crippen LogP contribution in [-0.4, -0.2) is 19.1 Å². The van der Waals surface area contributed by atoms with Crippen LogP contribution >= 0.6 is 0 Å². The molecule has 0 aliphatic rings. The summed E-state index contributed by atoms with van der Waals surface area (Å²) in [6, 6.07) is 65.2. The van der Waals surface area contributed by atoms with Crippen molar-refractivity contribution in [1.82, 2.24) is 19.1 Å². The largest absolute Gasteiger partial charge is 0.456 e. The fourth-order valence-corrected chi connectivity index (χ4v) is 10.2. The van der Waals surface area contributed by atoms with E-state index in [1.807, 2.05) is 30.3 Å². The fourth-order valence-electron chi connectivity index (χ4n) is 10.2. The number of benzene rings is 9. The maximum absolute atomic E-state index is 6.44. The van der Waals surface area contributed by atoms with Gasteiger partial charge in [0.1, 0.15) is 16.9 Å². The molecule has 5 nitrogen and oxygen atoms in total. The van der Waals surface area contributed by atoms with Crippen LogP contribution in [0.5, 0.6) is 0 Å². The highest BCUT2D eigenvalue weighted by atomic mass is 16.3. The Morgan fingerprint density at radius 2 is 0.898 bits per heavy atom. The van der Waals surface area contributed by atoms with Gasteiger partial charge in [-0.15, -0.1) is 0 Å². The summed E-state index contributed by atoms with van der Waals surface area (Å²) in [5.41, 5.74) is 10.8. The molecule has 14 aromatic rings. The van der Waals surface area contributed by atoms with Crippen LogP contribution in [-0.2, 0) is 0 Å². The van der Waals surface area contributed by atoms with Crippen LogP contribution in [0, 0.1) is 0 Å². The molecule has 0 radical (unpaired) electrons. The standard InChI is InChI=1S/C54H30N4O/c1-2-15-33(16-3-1)57-42-23-10-18-34-38-29-31-13-4-5-14-32(31)30-39(38)35-19-11-24-43-50(35)52-45(28-27-44(57)51(52)49(34)42)58(43)54-53(55-40-21-7-8-22-41(40)56-54)37-20-12-26-47-48(37)36-17-6-9-25-46(36)59-47/h1-30H. The molecule has 0 saturated heterocycles. The van der Waals surface area contributed by atoms with E-state index in [1.165, 1.54) is 64.9 Å². The second kappa shape index (κ2) is 11.3. The van der Waals surface area contributed by atoms with Gasteiger partial charge in [-0.25, -0.2) is 9.97 Å². The number of fused-ring (bicyclic) bond motifs is 8. The van der Waals surface area contributed by atoms with E-state index in [0.29, 0.717) is 0 Å². The zero-order chi connectivity index (χ0) is 38.3. The van der Waals surface area contributed by atoms with E-state index in [4.69, 9.17) is 14.4 Å². The SMILES string of the molecule is c1ccc(-n2c3cccc4c5cc6ccccc6cc5c5cccc6c5c5c(c43)c2ccc5n6-c2nc3ccccc3nc2-c2cccc3oc4ccccc4c23)cc1. The fraction of sp³-hybridized carbons (Fsp3) is 0. The Kier molecular flexibility index (Phi) is 5.96. The first-order valence-corrected chi connectivity index (χ1v) is 20.1. The predicted molar refractivity (Wildman–Crippen MR) is 245 cm³/mol. The Bertz CT molecular complexity index is 4080. The molecule has 0 saturated carbocycles. The third kappa shape index (κ3) is 4.08. The molecular formula is C54H30N4O. The Hall–Kier alpha value is -8.02. The molecule has 0 N–H and O–H groups in total. The van der Waals surface area contributed by atoms with Crippen molar-refractivity contribution in [3.05, 3.63) is 182 Å². The smallest absolute Gasteiger partial charge is 0.165 e. The first kappa shape index (κ1) is 31.1. The van der Waals surface area contributed by atoms with Gasteiger partial charge in [0.15, 0.2) is 5.82 Å². The summed E-state index contributed by atoms with van der Waals surface area (Å²) in [7, 11) is 0. The molecule has 0 aliphatic heterocycles. The number of rotatable bonds is 3. The summed E-state index contributed by atoms with van der Waals surface area (Å²) in [5.74, 6) is 0.781. The Balaban J connectivity index is 1.24. The monoisotopic (exact) mass is 750 g/mol. The van der Waals surface area contributed by atoms with Crippen molar-refractivity contribution in [2.45, 2.75) is 0 Å². The van der Waals surface area contributed by atoms with Crippen LogP contribution in [0.25, 0.3) is 132 Å². The third-order valence-electron chi connectivity index (χ3n) is 12.6. The lowest BCUT2D eigenvalue weighted by atomic mass is 9.93. The molecule has 0 fully saturated rings. The van der Waals surface area contributed by atoms with Gasteiger partial charge in [-0.2, -0.15) is 0 Å². The second-order valence-electron chi connectivity index (χ2n) is 15.7. The summed E-state index contributed by atoms with van der Waals surface area (Å²) >= 11 is 0. The number of aromatic nitrogens is 4. The summed E-state index contributed by atoms with van der Waals surface area (Å²) < 4.78 is 11.3. The highest BCUT2D eigenvalue weighted by Crippen LogP contribution is 2.49. The van der Waals surface area contributed by atoms with Crippen molar-refractivity contribution in [1.29, 1.82) is 0 Å². The lowest BCUT2D eigenvalue weighted by Gasteiger charge is -2.14. The van der Waals surface area contributed by atoms with Crippen LogP contribution in [0.1, 0.15) is 0 Å². The van der Waals surface area contributed by atoms with Crippen molar-refractivity contribution in [3.63, 3.8) is 0 Å². The van der Waals surface area contributed by atoms with Crippen LogP contribution in [0.3, 0.4) is 0 Å². The van der Waals surface area contributed by atoms with Gasteiger partial charge in [0.05, 0.1) is 33.1 Å². The Labute approximate surface area is 335 Å². The van der Waals surface area contributed by atoms with Gasteiger partial charge in [-0.1, -0.05) is 109 Å². The van der Waals surface area contributed by atoms with Gasteiger partial charge < -0.3 is 8.98 Å². The second-order valence-corrected chi connectivity index (χ2v) is 15.7. The number of hydrogen-bond donors (Lipinski definition) is 0. The maximum atomic E-state index is 6.44. The third-order valence-corrected chi connectivity index (χ3v) is 12.6. The van der Waals surface area contributed by atoms with Gasteiger partial charge in [0, 0.05) is 43.6 Å². The topological polar surface area (TPSA) is 48.8 Å². The molecule has 4 aromatic heterocycles.